The largest absolute Gasteiger partial charge is 0.472 e. The molecule has 0 bridgehead atoms. The lowest BCUT2D eigenvalue weighted by Crippen LogP contribution is -2.30. The van der Waals surface area contributed by atoms with E-state index in [2.05, 4.69) is 48.5 Å². The maximum absolute atomic E-state index is 13.0. The first-order chi connectivity index (χ1) is 43.2. The zero-order valence-corrected chi connectivity index (χ0v) is 60.4. The Kier molecular flexibility index (Phi) is 60.6. The van der Waals surface area contributed by atoms with E-state index in [9.17, 15) is 43.2 Å². The predicted octanol–water partition coefficient (Wildman–Crippen LogP) is 20.2. The second-order valence-corrected chi connectivity index (χ2v) is 30.0. The third kappa shape index (κ3) is 64.8. The maximum Gasteiger partial charge on any atom is 0.472 e. The van der Waals surface area contributed by atoms with Crippen LogP contribution in [-0.2, 0) is 65.4 Å². The van der Waals surface area contributed by atoms with Crippen LogP contribution >= 0.6 is 15.6 Å². The van der Waals surface area contributed by atoms with E-state index in [4.69, 9.17) is 37.0 Å². The number of carbonyl (C=O) groups is 4. The summed E-state index contributed by atoms with van der Waals surface area (Å²) in [5, 5.41) is 10.6. The highest BCUT2D eigenvalue weighted by Gasteiger charge is 2.30. The third-order valence-electron chi connectivity index (χ3n) is 16.4. The van der Waals surface area contributed by atoms with Crippen LogP contribution in [0.15, 0.2) is 0 Å². The molecule has 3 N–H and O–H groups in total. The van der Waals surface area contributed by atoms with Gasteiger partial charge in [-0.3, -0.25) is 37.3 Å². The van der Waals surface area contributed by atoms with Gasteiger partial charge in [0.2, 0.25) is 0 Å². The molecule has 5 atom stereocenters. The van der Waals surface area contributed by atoms with Gasteiger partial charge in [-0.05, 0) is 43.4 Å². The molecule has 0 spiro atoms. The highest BCUT2D eigenvalue weighted by Crippen LogP contribution is 2.45. The summed E-state index contributed by atoms with van der Waals surface area (Å²) in [5.74, 6) is 0.145. The summed E-state index contributed by atoms with van der Waals surface area (Å²) in [5.41, 5.74) is 0. The lowest BCUT2D eigenvalue weighted by atomic mass is 10.0. The minimum absolute atomic E-state index is 0.104. The standard InChI is InChI=1S/C71H138O17P2/c1-8-9-10-11-12-21-31-38-45-52-68(73)81-58-67(88-71(76)55-48-41-34-27-26-30-37-44-51-64(6)7)61-86-90(79,80)84-57-65(72)56-83-89(77,78)85-60-66(59-82-69(74)53-46-39-32-24-20-19-23-29-36-43-50-63(4)5)87-70(75)54-47-40-33-25-18-16-14-13-15-17-22-28-35-42-49-62(2)3/h62-67,72H,8-61H2,1-7H3,(H,77,78)(H,79,80)/t65-,66-,67-/m1/s1. The Hall–Kier alpha value is -1.94. The minimum Gasteiger partial charge on any atom is -0.462 e. The van der Waals surface area contributed by atoms with E-state index < -0.39 is 97.5 Å². The van der Waals surface area contributed by atoms with Gasteiger partial charge in [0.25, 0.3) is 0 Å². The van der Waals surface area contributed by atoms with Crippen LogP contribution in [-0.4, -0.2) is 96.7 Å². The smallest absolute Gasteiger partial charge is 0.462 e. The van der Waals surface area contributed by atoms with Gasteiger partial charge in [0.15, 0.2) is 12.2 Å². The number of aliphatic hydroxyl groups excluding tert-OH is 1. The van der Waals surface area contributed by atoms with Crippen molar-refractivity contribution in [2.24, 2.45) is 17.8 Å². The van der Waals surface area contributed by atoms with E-state index in [-0.39, 0.29) is 25.7 Å². The Bertz CT molecular complexity index is 1770. The van der Waals surface area contributed by atoms with E-state index >= 15 is 0 Å². The first-order valence-corrected chi connectivity index (χ1v) is 39.8. The van der Waals surface area contributed by atoms with Crippen molar-refractivity contribution in [2.45, 2.75) is 375 Å². The van der Waals surface area contributed by atoms with Crippen LogP contribution in [0.4, 0.5) is 0 Å². The van der Waals surface area contributed by atoms with Crippen LogP contribution in [0.1, 0.15) is 357 Å². The Balaban J connectivity index is 5.23. The molecular weight excluding hydrogens is 1190 g/mol. The van der Waals surface area contributed by atoms with Gasteiger partial charge in [0.05, 0.1) is 26.4 Å². The lowest BCUT2D eigenvalue weighted by Gasteiger charge is -2.21. The number of hydrogen-bond donors (Lipinski definition) is 3. The SMILES string of the molecule is CCCCCCCCCCCC(=O)OC[C@H](COP(=O)(O)OC[C@H](O)COP(=O)(O)OC[C@@H](COC(=O)CCCCCCCCCCCCC(C)C)OC(=O)CCCCCCCCCCCCCCCCC(C)C)OC(=O)CCCCCCCCCCC(C)C. The van der Waals surface area contributed by atoms with Gasteiger partial charge >= 0.3 is 39.5 Å². The van der Waals surface area contributed by atoms with Crippen molar-refractivity contribution in [2.75, 3.05) is 39.6 Å². The van der Waals surface area contributed by atoms with Crippen molar-refractivity contribution in [1.29, 1.82) is 0 Å². The fraction of sp³-hybridized carbons (Fsp3) is 0.944. The van der Waals surface area contributed by atoms with E-state index in [1.54, 1.807) is 0 Å². The number of hydrogen-bond acceptors (Lipinski definition) is 15. The molecule has 17 nitrogen and oxygen atoms in total. The maximum atomic E-state index is 13.0. The predicted molar refractivity (Wildman–Crippen MR) is 363 cm³/mol. The van der Waals surface area contributed by atoms with Gasteiger partial charge in [0.1, 0.15) is 19.3 Å². The van der Waals surface area contributed by atoms with Crippen molar-refractivity contribution in [3.8, 4) is 0 Å². The van der Waals surface area contributed by atoms with Gasteiger partial charge in [0, 0.05) is 25.7 Å². The molecule has 90 heavy (non-hydrogen) atoms. The van der Waals surface area contributed by atoms with E-state index in [1.807, 2.05) is 0 Å². The molecule has 0 aliphatic heterocycles. The van der Waals surface area contributed by atoms with Crippen LogP contribution in [0.2, 0.25) is 0 Å². The van der Waals surface area contributed by atoms with Gasteiger partial charge in [-0.1, -0.05) is 305 Å². The Morgan fingerprint density at radius 3 is 0.756 bits per heavy atom. The number of phosphoric acid groups is 2. The monoisotopic (exact) mass is 1320 g/mol. The van der Waals surface area contributed by atoms with E-state index in [0.717, 1.165) is 108 Å². The van der Waals surface area contributed by atoms with Gasteiger partial charge in [-0.25, -0.2) is 9.13 Å². The van der Waals surface area contributed by atoms with Crippen molar-refractivity contribution in [3.05, 3.63) is 0 Å². The average Bonchev–Trinajstić information content (AvgIpc) is 3.14. The fourth-order valence-corrected chi connectivity index (χ4v) is 12.3. The lowest BCUT2D eigenvalue weighted by molar-refractivity contribution is -0.161. The molecule has 534 valence electrons. The number of esters is 4. The zero-order chi connectivity index (χ0) is 66.6. The number of ether oxygens (including phenoxy) is 4. The molecular formula is C71H138O17P2. The summed E-state index contributed by atoms with van der Waals surface area (Å²) in [4.78, 5) is 72.5. The summed E-state index contributed by atoms with van der Waals surface area (Å²) in [6, 6.07) is 0. The third-order valence-corrected chi connectivity index (χ3v) is 18.3. The molecule has 0 aliphatic carbocycles. The molecule has 0 aromatic carbocycles. The fourth-order valence-electron chi connectivity index (χ4n) is 10.7. The van der Waals surface area contributed by atoms with Crippen LogP contribution in [0.25, 0.3) is 0 Å². The topological polar surface area (TPSA) is 237 Å². The summed E-state index contributed by atoms with van der Waals surface area (Å²) < 4.78 is 68.3. The van der Waals surface area contributed by atoms with Crippen molar-refractivity contribution < 1.29 is 80.2 Å². The molecule has 19 heteroatoms. The van der Waals surface area contributed by atoms with Gasteiger partial charge in [-0.2, -0.15) is 0 Å². The zero-order valence-electron chi connectivity index (χ0n) is 58.6. The number of rotatable bonds is 69. The molecule has 0 heterocycles. The molecule has 0 aromatic heterocycles. The van der Waals surface area contributed by atoms with Crippen molar-refractivity contribution in [3.63, 3.8) is 0 Å². The van der Waals surface area contributed by atoms with Crippen LogP contribution in [0, 0.1) is 17.8 Å². The second-order valence-electron chi connectivity index (χ2n) is 27.1. The minimum atomic E-state index is -4.95. The Morgan fingerprint density at radius 2 is 0.511 bits per heavy atom. The first-order valence-electron chi connectivity index (χ1n) is 36.8. The molecule has 0 amide bonds. The van der Waals surface area contributed by atoms with Crippen molar-refractivity contribution >= 4 is 39.5 Å². The highest BCUT2D eigenvalue weighted by atomic mass is 31.2. The van der Waals surface area contributed by atoms with E-state index in [0.29, 0.717) is 25.7 Å². The Morgan fingerprint density at radius 1 is 0.300 bits per heavy atom. The number of carbonyl (C=O) groups excluding carboxylic acids is 4. The molecule has 0 aliphatic rings. The summed E-state index contributed by atoms with van der Waals surface area (Å²) in [7, 11) is -9.90. The van der Waals surface area contributed by atoms with E-state index in [1.165, 1.54) is 167 Å². The second kappa shape index (κ2) is 61.9. The number of unbranched alkanes of at least 4 members (excludes halogenated alkanes) is 37. The van der Waals surface area contributed by atoms with Gasteiger partial charge in [-0.15, -0.1) is 0 Å². The quantitative estimate of drug-likeness (QED) is 0.0222. The molecule has 0 rings (SSSR count). The summed E-state index contributed by atoms with van der Waals surface area (Å²) in [6.45, 7) is 11.8. The average molecular weight is 1330 g/mol. The Labute approximate surface area is 549 Å². The highest BCUT2D eigenvalue weighted by molar-refractivity contribution is 7.47. The summed E-state index contributed by atoms with van der Waals surface area (Å²) in [6.07, 6.45) is 45.8. The van der Waals surface area contributed by atoms with Crippen LogP contribution in [0.5, 0.6) is 0 Å². The molecule has 0 aromatic rings. The normalized spacial score (nSPS) is 14.2. The van der Waals surface area contributed by atoms with Crippen molar-refractivity contribution in [1.82, 2.24) is 0 Å². The van der Waals surface area contributed by atoms with Crippen LogP contribution in [0.3, 0.4) is 0 Å². The van der Waals surface area contributed by atoms with Gasteiger partial charge < -0.3 is 33.8 Å². The first kappa shape index (κ1) is 88.1. The number of aliphatic hydroxyl groups is 1. The molecule has 0 saturated carbocycles. The molecule has 0 saturated heterocycles. The number of phosphoric ester groups is 2. The molecule has 2 unspecified atom stereocenters. The summed E-state index contributed by atoms with van der Waals surface area (Å²) >= 11 is 0. The molecule has 0 fully saturated rings. The molecule has 0 radical (unpaired) electrons. The van der Waals surface area contributed by atoms with Crippen LogP contribution < -0.4 is 0 Å².